The van der Waals surface area contributed by atoms with Crippen molar-refractivity contribution >= 4 is 5.78 Å². The average molecular weight is 235 g/mol. The zero-order valence-corrected chi connectivity index (χ0v) is 11.2. The molecule has 0 fully saturated rings. The minimum atomic E-state index is -0.427. The van der Waals surface area contributed by atoms with E-state index in [9.17, 15) is 4.79 Å². The number of ketones is 1. The molecule has 1 aromatic carbocycles. The van der Waals surface area contributed by atoms with Crippen LogP contribution in [-0.4, -0.2) is 19.9 Å². The third kappa shape index (κ3) is 2.86. The Balaban J connectivity index is 3.05. The van der Waals surface area contributed by atoms with Gasteiger partial charge in [0.25, 0.3) is 0 Å². The second-order valence-corrected chi connectivity index (χ2v) is 4.77. The maximum absolute atomic E-state index is 11.7. The molecule has 1 N–H and O–H groups in total. The fourth-order valence-electron chi connectivity index (χ4n) is 1.94. The van der Waals surface area contributed by atoms with Crippen LogP contribution in [0.5, 0.6) is 5.75 Å². The molecule has 3 heteroatoms. The fourth-order valence-corrected chi connectivity index (χ4v) is 1.94. The number of methoxy groups -OCH3 is 1. The minimum absolute atomic E-state index is 0.00547. The van der Waals surface area contributed by atoms with Crippen molar-refractivity contribution in [2.45, 2.75) is 26.8 Å². The molecule has 0 aliphatic heterocycles. The zero-order chi connectivity index (χ0) is 13.1. The predicted molar refractivity (Wildman–Crippen MR) is 69.3 cm³/mol. The molecule has 0 spiro atoms. The van der Waals surface area contributed by atoms with Gasteiger partial charge in [0.1, 0.15) is 11.5 Å². The van der Waals surface area contributed by atoms with Crippen LogP contribution in [0.2, 0.25) is 0 Å². The Bertz CT molecular complexity index is 382. The number of ether oxygens (including phenoxy) is 1. The van der Waals surface area contributed by atoms with E-state index >= 15 is 0 Å². The highest BCUT2D eigenvalue weighted by Crippen LogP contribution is 2.34. The molecule has 1 aromatic rings. The highest BCUT2D eigenvalue weighted by Gasteiger charge is 2.33. The van der Waals surface area contributed by atoms with Crippen molar-refractivity contribution in [2.24, 2.45) is 5.41 Å². The van der Waals surface area contributed by atoms with Crippen LogP contribution in [0.1, 0.15) is 32.4 Å². The summed E-state index contributed by atoms with van der Waals surface area (Å²) in [5, 5.41) is 3.22. The lowest BCUT2D eigenvalue weighted by atomic mass is 9.77. The van der Waals surface area contributed by atoms with Crippen LogP contribution in [0.3, 0.4) is 0 Å². The van der Waals surface area contributed by atoms with Gasteiger partial charge in [-0.15, -0.1) is 0 Å². The summed E-state index contributed by atoms with van der Waals surface area (Å²) in [6.45, 7) is 5.55. The highest BCUT2D eigenvalue weighted by molar-refractivity contribution is 5.82. The standard InChI is InChI=1S/C14H21NO2/c1-10(16)14(2,3)13(15-4)11-6-8-12(17-5)9-7-11/h6-9,13,15H,1-5H3. The van der Waals surface area contributed by atoms with Crippen molar-refractivity contribution in [3.05, 3.63) is 29.8 Å². The summed E-state index contributed by atoms with van der Waals surface area (Å²) in [7, 11) is 3.52. The van der Waals surface area contributed by atoms with Gasteiger partial charge < -0.3 is 10.1 Å². The van der Waals surface area contributed by atoms with Crippen LogP contribution < -0.4 is 10.1 Å². The van der Waals surface area contributed by atoms with E-state index < -0.39 is 5.41 Å². The van der Waals surface area contributed by atoms with Gasteiger partial charge in [-0.2, -0.15) is 0 Å². The highest BCUT2D eigenvalue weighted by atomic mass is 16.5. The normalized spacial score (nSPS) is 13.2. The molecule has 0 aromatic heterocycles. The van der Waals surface area contributed by atoms with Crippen LogP contribution in [-0.2, 0) is 4.79 Å². The zero-order valence-electron chi connectivity index (χ0n) is 11.2. The van der Waals surface area contributed by atoms with Gasteiger partial charge in [-0.05, 0) is 31.7 Å². The van der Waals surface area contributed by atoms with Gasteiger partial charge in [-0.1, -0.05) is 26.0 Å². The molecule has 1 unspecified atom stereocenters. The topological polar surface area (TPSA) is 38.3 Å². The largest absolute Gasteiger partial charge is 0.497 e. The number of carbonyl (C=O) groups is 1. The lowest BCUT2D eigenvalue weighted by molar-refractivity contribution is -0.126. The second kappa shape index (κ2) is 5.32. The maximum Gasteiger partial charge on any atom is 0.137 e. The van der Waals surface area contributed by atoms with Crippen LogP contribution in [0.15, 0.2) is 24.3 Å². The average Bonchev–Trinajstić information content (AvgIpc) is 2.30. The molecule has 94 valence electrons. The van der Waals surface area contributed by atoms with E-state index in [0.29, 0.717) is 0 Å². The van der Waals surface area contributed by atoms with Gasteiger partial charge in [0.2, 0.25) is 0 Å². The molecule has 17 heavy (non-hydrogen) atoms. The molecule has 0 bridgehead atoms. The van der Waals surface area contributed by atoms with Gasteiger partial charge in [-0.3, -0.25) is 4.79 Å². The van der Waals surface area contributed by atoms with Gasteiger partial charge in [-0.25, -0.2) is 0 Å². The fraction of sp³-hybridized carbons (Fsp3) is 0.500. The number of nitrogens with one attached hydrogen (secondary N) is 1. The smallest absolute Gasteiger partial charge is 0.137 e. The van der Waals surface area contributed by atoms with E-state index in [4.69, 9.17) is 4.74 Å². The van der Waals surface area contributed by atoms with Crippen LogP contribution >= 0.6 is 0 Å². The Morgan fingerprint density at radius 3 is 2.18 bits per heavy atom. The SMILES string of the molecule is CNC(c1ccc(OC)cc1)C(C)(C)C(C)=O. The van der Waals surface area contributed by atoms with E-state index in [1.165, 1.54) is 0 Å². The van der Waals surface area contributed by atoms with E-state index in [2.05, 4.69) is 5.32 Å². The first kappa shape index (κ1) is 13.7. The molecule has 0 amide bonds. The Kier molecular flexibility index (Phi) is 4.29. The van der Waals surface area contributed by atoms with Crippen molar-refractivity contribution in [3.8, 4) is 5.75 Å². The Labute approximate surface area is 103 Å². The molecule has 0 heterocycles. The molecular formula is C14H21NO2. The van der Waals surface area contributed by atoms with E-state index in [-0.39, 0.29) is 11.8 Å². The summed E-state index contributed by atoms with van der Waals surface area (Å²) in [6.07, 6.45) is 0. The van der Waals surface area contributed by atoms with Crippen molar-refractivity contribution in [1.82, 2.24) is 5.32 Å². The number of benzene rings is 1. The molecular weight excluding hydrogens is 214 g/mol. The third-order valence-corrected chi connectivity index (χ3v) is 3.37. The van der Waals surface area contributed by atoms with Gasteiger partial charge in [0, 0.05) is 11.5 Å². The summed E-state index contributed by atoms with van der Waals surface area (Å²) in [6, 6.07) is 7.81. The minimum Gasteiger partial charge on any atom is -0.497 e. The lowest BCUT2D eigenvalue weighted by Gasteiger charge is -2.32. The first-order valence-corrected chi connectivity index (χ1v) is 5.75. The molecule has 1 atom stereocenters. The number of rotatable bonds is 5. The van der Waals surface area contributed by atoms with Crippen molar-refractivity contribution in [2.75, 3.05) is 14.2 Å². The number of carbonyl (C=O) groups excluding carboxylic acids is 1. The monoisotopic (exact) mass is 235 g/mol. The first-order valence-electron chi connectivity index (χ1n) is 5.75. The summed E-state index contributed by atoms with van der Waals surface area (Å²) >= 11 is 0. The third-order valence-electron chi connectivity index (χ3n) is 3.37. The van der Waals surface area contributed by atoms with Gasteiger partial charge in [0.15, 0.2) is 0 Å². The summed E-state index contributed by atoms with van der Waals surface area (Å²) < 4.78 is 5.13. The first-order chi connectivity index (χ1) is 7.93. The van der Waals surface area contributed by atoms with Crippen LogP contribution in [0, 0.1) is 5.41 Å². The lowest BCUT2D eigenvalue weighted by Crippen LogP contribution is -2.37. The van der Waals surface area contributed by atoms with Crippen LogP contribution in [0.4, 0.5) is 0 Å². The van der Waals surface area contributed by atoms with Crippen LogP contribution in [0.25, 0.3) is 0 Å². The Morgan fingerprint density at radius 1 is 1.29 bits per heavy atom. The molecule has 0 aliphatic carbocycles. The Hall–Kier alpha value is -1.35. The number of hydrogen-bond donors (Lipinski definition) is 1. The quantitative estimate of drug-likeness (QED) is 0.852. The number of Topliss-reactive ketones (excluding diaryl/α,β-unsaturated/α-hetero) is 1. The molecule has 0 saturated carbocycles. The van der Waals surface area contributed by atoms with E-state index in [0.717, 1.165) is 11.3 Å². The molecule has 0 aliphatic rings. The van der Waals surface area contributed by atoms with Crippen molar-refractivity contribution in [1.29, 1.82) is 0 Å². The molecule has 3 nitrogen and oxygen atoms in total. The van der Waals surface area contributed by atoms with Gasteiger partial charge in [0.05, 0.1) is 7.11 Å². The van der Waals surface area contributed by atoms with E-state index in [1.54, 1.807) is 14.0 Å². The second-order valence-electron chi connectivity index (χ2n) is 4.77. The number of hydrogen-bond acceptors (Lipinski definition) is 3. The van der Waals surface area contributed by atoms with Crippen molar-refractivity contribution in [3.63, 3.8) is 0 Å². The van der Waals surface area contributed by atoms with E-state index in [1.807, 2.05) is 45.2 Å². The molecule has 1 rings (SSSR count). The summed E-state index contributed by atoms with van der Waals surface area (Å²) in [5.74, 6) is 0.997. The van der Waals surface area contributed by atoms with Gasteiger partial charge >= 0.3 is 0 Å². The van der Waals surface area contributed by atoms with Crippen molar-refractivity contribution < 1.29 is 9.53 Å². The predicted octanol–water partition coefficient (Wildman–Crippen LogP) is 2.57. The summed E-state index contributed by atoms with van der Waals surface area (Å²) in [4.78, 5) is 11.7. The maximum atomic E-state index is 11.7. The summed E-state index contributed by atoms with van der Waals surface area (Å²) in [5.41, 5.74) is 0.664. The molecule has 0 saturated heterocycles. The molecule has 0 radical (unpaired) electrons. The Morgan fingerprint density at radius 2 is 1.82 bits per heavy atom.